The van der Waals surface area contributed by atoms with Crippen molar-refractivity contribution in [3.63, 3.8) is 0 Å². The number of hydrogen-bond acceptors (Lipinski definition) is 3. The topological polar surface area (TPSA) is 48.1 Å². The molecule has 1 aromatic heterocycles. The summed E-state index contributed by atoms with van der Waals surface area (Å²) in [5, 5.41) is 0.485. The summed E-state index contributed by atoms with van der Waals surface area (Å²) in [6.45, 7) is 0.984. The van der Waals surface area contributed by atoms with Crippen molar-refractivity contribution in [3.05, 3.63) is 58.9 Å². The molecule has 3 nitrogen and oxygen atoms in total. The molecular formula is C13H13ClN2O. The van der Waals surface area contributed by atoms with Gasteiger partial charge in [0.05, 0.1) is 0 Å². The summed E-state index contributed by atoms with van der Waals surface area (Å²) in [6, 6.07) is 11.4. The molecule has 1 aromatic carbocycles. The Morgan fingerprint density at radius 3 is 2.76 bits per heavy atom. The standard InChI is InChI=1S/C13H13ClN2O/c14-13-5-4-11(8-16-13)9-17-12-3-1-2-10(6-12)7-15/h1-6,8H,7,9,15H2. The van der Waals surface area contributed by atoms with Crippen molar-refractivity contribution >= 4 is 11.6 Å². The third-order valence-electron chi connectivity index (χ3n) is 2.33. The first-order valence-electron chi connectivity index (χ1n) is 5.30. The summed E-state index contributed by atoms with van der Waals surface area (Å²) < 4.78 is 5.64. The molecule has 0 bridgehead atoms. The second kappa shape index (κ2) is 5.66. The molecule has 0 atom stereocenters. The lowest BCUT2D eigenvalue weighted by molar-refractivity contribution is 0.305. The van der Waals surface area contributed by atoms with Gasteiger partial charge in [-0.1, -0.05) is 29.8 Å². The number of hydrogen-bond donors (Lipinski definition) is 1. The second-order valence-corrected chi connectivity index (χ2v) is 4.02. The van der Waals surface area contributed by atoms with Crippen molar-refractivity contribution in [2.75, 3.05) is 0 Å². The first-order chi connectivity index (χ1) is 8.28. The van der Waals surface area contributed by atoms with Crippen LogP contribution in [0.1, 0.15) is 11.1 Å². The molecule has 0 fully saturated rings. The maximum atomic E-state index is 5.70. The summed E-state index contributed by atoms with van der Waals surface area (Å²) in [5.74, 6) is 0.808. The van der Waals surface area contributed by atoms with E-state index < -0.39 is 0 Å². The molecule has 4 heteroatoms. The van der Waals surface area contributed by atoms with Crippen LogP contribution in [-0.4, -0.2) is 4.98 Å². The molecule has 0 aliphatic rings. The van der Waals surface area contributed by atoms with Crippen LogP contribution in [0.25, 0.3) is 0 Å². The minimum Gasteiger partial charge on any atom is -0.489 e. The van der Waals surface area contributed by atoms with Crippen LogP contribution in [0, 0.1) is 0 Å². The van der Waals surface area contributed by atoms with Gasteiger partial charge in [0.25, 0.3) is 0 Å². The molecule has 17 heavy (non-hydrogen) atoms. The maximum Gasteiger partial charge on any atom is 0.129 e. The van der Waals surface area contributed by atoms with Crippen molar-refractivity contribution in [2.24, 2.45) is 5.73 Å². The normalized spacial score (nSPS) is 10.2. The van der Waals surface area contributed by atoms with Gasteiger partial charge in [0.2, 0.25) is 0 Å². The Hall–Kier alpha value is -1.58. The fourth-order valence-corrected chi connectivity index (χ4v) is 1.53. The fraction of sp³-hybridized carbons (Fsp3) is 0.154. The van der Waals surface area contributed by atoms with E-state index in [1.165, 1.54) is 0 Å². The molecule has 0 unspecified atom stereocenters. The van der Waals surface area contributed by atoms with Crippen molar-refractivity contribution in [1.82, 2.24) is 4.98 Å². The average molecular weight is 249 g/mol. The Kier molecular flexibility index (Phi) is 3.96. The molecule has 0 amide bonds. The van der Waals surface area contributed by atoms with E-state index in [1.807, 2.05) is 30.3 Å². The van der Waals surface area contributed by atoms with E-state index in [0.29, 0.717) is 18.3 Å². The van der Waals surface area contributed by atoms with Gasteiger partial charge in [-0.2, -0.15) is 0 Å². The van der Waals surface area contributed by atoms with Gasteiger partial charge in [-0.3, -0.25) is 0 Å². The molecular weight excluding hydrogens is 236 g/mol. The summed E-state index contributed by atoms with van der Waals surface area (Å²) in [4.78, 5) is 3.99. The summed E-state index contributed by atoms with van der Waals surface area (Å²) in [5.41, 5.74) is 7.59. The van der Waals surface area contributed by atoms with Gasteiger partial charge >= 0.3 is 0 Å². The van der Waals surface area contributed by atoms with Crippen LogP contribution in [0.4, 0.5) is 0 Å². The van der Waals surface area contributed by atoms with Crippen molar-refractivity contribution in [1.29, 1.82) is 0 Å². The molecule has 0 aliphatic carbocycles. The minimum absolute atomic E-state index is 0.470. The van der Waals surface area contributed by atoms with E-state index in [2.05, 4.69) is 4.98 Å². The molecule has 88 valence electrons. The van der Waals surface area contributed by atoms with Gasteiger partial charge < -0.3 is 10.5 Å². The monoisotopic (exact) mass is 248 g/mol. The van der Waals surface area contributed by atoms with E-state index in [1.54, 1.807) is 12.3 Å². The van der Waals surface area contributed by atoms with Crippen LogP contribution < -0.4 is 10.5 Å². The van der Waals surface area contributed by atoms with Crippen LogP contribution in [0.3, 0.4) is 0 Å². The highest BCUT2D eigenvalue weighted by molar-refractivity contribution is 6.29. The van der Waals surface area contributed by atoms with E-state index in [-0.39, 0.29) is 0 Å². The van der Waals surface area contributed by atoms with Crippen LogP contribution in [0.2, 0.25) is 5.15 Å². The van der Waals surface area contributed by atoms with Crippen molar-refractivity contribution in [3.8, 4) is 5.75 Å². The molecule has 0 spiro atoms. The average Bonchev–Trinajstić information content (AvgIpc) is 2.38. The summed E-state index contributed by atoms with van der Waals surface area (Å²) >= 11 is 5.70. The van der Waals surface area contributed by atoms with E-state index in [4.69, 9.17) is 22.1 Å². The lowest BCUT2D eigenvalue weighted by Crippen LogP contribution is -1.99. The number of pyridine rings is 1. The Morgan fingerprint density at radius 1 is 1.18 bits per heavy atom. The molecule has 0 aliphatic heterocycles. The zero-order chi connectivity index (χ0) is 12.1. The predicted molar refractivity (Wildman–Crippen MR) is 67.9 cm³/mol. The largest absolute Gasteiger partial charge is 0.489 e. The highest BCUT2D eigenvalue weighted by Crippen LogP contribution is 2.15. The molecule has 1 heterocycles. The molecule has 2 rings (SSSR count). The maximum absolute atomic E-state index is 5.70. The van der Waals surface area contributed by atoms with Gasteiger partial charge in [0.15, 0.2) is 0 Å². The molecule has 0 radical (unpaired) electrons. The van der Waals surface area contributed by atoms with Gasteiger partial charge in [-0.25, -0.2) is 4.98 Å². The van der Waals surface area contributed by atoms with Crippen LogP contribution in [-0.2, 0) is 13.2 Å². The molecule has 0 saturated carbocycles. The smallest absolute Gasteiger partial charge is 0.129 e. The van der Waals surface area contributed by atoms with Crippen LogP contribution in [0.5, 0.6) is 5.75 Å². The number of benzene rings is 1. The quantitative estimate of drug-likeness (QED) is 0.847. The van der Waals surface area contributed by atoms with Gasteiger partial charge in [0.1, 0.15) is 17.5 Å². The highest BCUT2D eigenvalue weighted by atomic mass is 35.5. The number of halogens is 1. The summed E-state index contributed by atoms with van der Waals surface area (Å²) in [7, 11) is 0. The fourth-order valence-electron chi connectivity index (χ4n) is 1.42. The zero-order valence-electron chi connectivity index (χ0n) is 9.27. The Morgan fingerprint density at radius 2 is 2.06 bits per heavy atom. The Labute approximate surface area is 105 Å². The molecule has 0 saturated heterocycles. The lowest BCUT2D eigenvalue weighted by atomic mass is 10.2. The first-order valence-corrected chi connectivity index (χ1v) is 5.68. The van der Waals surface area contributed by atoms with E-state index in [0.717, 1.165) is 16.9 Å². The van der Waals surface area contributed by atoms with Gasteiger partial charge in [-0.05, 0) is 23.8 Å². The third kappa shape index (κ3) is 3.44. The van der Waals surface area contributed by atoms with Gasteiger partial charge in [0, 0.05) is 18.3 Å². The van der Waals surface area contributed by atoms with Gasteiger partial charge in [-0.15, -0.1) is 0 Å². The molecule has 2 N–H and O–H groups in total. The summed E-state index contributed by atoms with van der Waals surface area (Å²) in [6.07, 6.45) is 1.70. The number of ether oxygens (including phenoxy) is 1. The highest BCUT2D eigenvalue weighted by Gasteiger charge is 1.98. The van der Waals surface area contributed by atoms with Crippen LogP contribution >= 0.6 is 11.6 Å². The number of rotatable bonds is 4. The second-order valence-electron chi connectivity index (χ2n) is 3.63. The Bertz CT molecular complexity index is 485. The van der Waals surface area contributed by atoms with Crippen molar-refractivity contribution in [2.45, 2.75) is 13.2 Å². The van der Waals surface area contributed by atoms with E-state index >= 15 is 0 Å². The minimum atomic E-state index is 0.470. The van der Waals surface area contributed by atoms with E-state index in [9.17, 15) is 0 Å². The lowest BCUT2D eigenvalue weighted by Gasteiger charge is -2.07. The first kappa shape index (κ1) is 11.9. The third-order valence-corrected chi connectivity index (χ3v) is 2.55. The zero-order valence-corrected chi connectivity index (χ0v) is 10.0. The predicted octanol–water partition coefficient (Wildman–Crippen LogP) is 2.77. The number of nitrogens with zero attached hydrogens (tertiary/aromatic N) is 1. The number of nitrogens with two attached hydrogens (primary N) is 1. The Balaban J connectivity index is 1.99. The van der Waals surface area contributed by atoms with Crippen molar-refractivity contribution < 1.29 is 4.74 Å². The van der Waals surface area contributed by atoms with Crippen LogP contribution in [0.15, 0.2) is 42.6 Å². The molecule has 2 aromatic rings. The number of aromatic nitrogens is 1. The SMILES string of the molecule is NCc1cccc(OCc2ccc(Cl)nc2)c1.